The molecule has 3 aromatic rings. The van der Waals surface area contributed by atoms with Crippen LogP contribution < -0.4 is 10.5 Å². The lowest BCUT2D eigenvalue weighted by Gasteiger charge is -2.18. The number of anilines is 1. The fourth-order valence-electron chi connectivity index (χ4n) is 2.60. The molecular weight excluding hydrogens is 355 g/mol. The van der Waals surface area contributed by atoms with Gasteiger partial charge in [0.1, 0.15) is 5.82 Å². The summed E-state index contributed by atoms with van der Waals surface area (Å²) in [5, 5.41) is 0.232. The molecule has 0 saturated heterocycles. The number of carbonyl (C=O) groups excluding carboxylic acids is 1. The Morgan fingerprint density at radius 3 is 2.50 bits per heavy atom. The Hall–Kier alpha value is -2.92. The van der Waals surface area contributed by atoms with Crippen LogP contribution in [0.1, 0.15) is 15.9 Å². The van der Waals surface area contributed by atoms with Crippen molar-refractivity contribution in [1.82, 2.24) is 4.57 Å². The van der Waals surface area contributed by atoms with Crippen LogP contribution >= 0.6 is 11.6 Å². The Labute approximate surface area is 155 Å². The quantitative estimate of drug-likeness (QED) is 0.697. The Balaban J connectivity index is 1.93. The van der Waals surface area contributed by atoms with Gasteiger partial charge >= 0.3 is 0 Å². The van der Waals surface area contributed by atoms with Gasteiger partial charge in [-0.3, -0.25) is 9.59 Å². The molecule has 1 amide bonds. The lowest BCUT2D eigenvalue weighted by Crippen LogP contribution is -2.29. The van der Waals surface area contributed by atoms with Crippen LogP contribution in [-0.4, -0.2) is 17.5 Å². The van der Waals surface area contributed by atoms with Crippen molar-refractivity contribution in [3.63, 3.8) is 0 Å². The van der Waals surface area contributed by atoms with Crippen LogP contribution in [-0.2, 0) is 6.54 Å². The van der Waals surface area contributed by atoms with E-state index in [9.17, 15) is 14.0 Å². The third kappa shape index (κ3) is 3.68. The maximum Gasteiger partial charge on any atom is 0.259 e. The number of hydrogen-bond donors (Lipinski definition) is 0. The predicted octanol–water partition coefficient (Wildman–Crippen LogP) is 3.97. The molecule has 1 heterocycles. The number of nitrogens with zero attached hydrogens (tertiary/aromatic N) is 2. The van der Waals surface area contributed by atoms with E-state index in [-0.39, 0.29) is 28.6 Å². The Kier molecular flexibility index (Phi) is 5.19. The van der Waals surface area contributed by atoms with Crippen molar-refractivity contribution in [3.05, 3.63) is 99.2 Å². The van der Waals surface area contributed by atoms with Crippen molar-refractivity contribution < 1.29 is 9.18 Å². The van der Waals surface area contributed by atoms with Crippen molar-refractivity contribution in [1.29, 1.82) is 0 Å². The highest BCUT2D eigenvalue weighted by Gasteiger charge is 2.15. The summed E-state index contributed by atoms with van der Waals surface area (Å²) < 4.78 is 15.3. The first-order valence-electron chi connectivity index (χ1n) is 7.94. The van der Waals surface area contributed by atoms with Crippen molar-refractivity contribution in [3.8, 4) is 0 Å². The monoisotopic (exact) mass is 370 g/mol. The van der Waals surface area contributed by atoms with E-state index in [1.807, 2.05) is 30.3 Å². The van der Waals surface area contributed by atoms with E-state index in [1.54, 1.807) is 13.1 Å². The Morgan fingerprint density at radius 2 is 1.81 bits per heavy atom. The summed E-state index contributed by atoms with van der Waals surface area (Å²) in [5.74, 6) is -0.771. The van der Waals surface area contributed by atoms with Gasteiger partial charge in [0, 0.05) is 35.6 Å². The van der Waals surface area contributed by atoms with Crippen molar-refractivity contribution in [2.24, 2.45) is 0 Å². The molecule has 26 heavy (non-hydrogen) atoms. The molecular formula is C20H16ClFN2O2. The summed E-state index contributed by atoms with van der Waals surface area (Å²) in [4.78, 5) is 26.3. The minimum Gasteiger partial charge on any atom is -0.311 e. The minimum absolute atomic E-state index is 0.0550. The fraction of sp³-hybridized carbons (Fsp3) is 0.100. The Morgan fingerprint density at radius 1 is 1.08 bits per heavy atom. The van der Waals surface area contributed by atoms with Gasteiger partial charge in [0.15, 0.2) is 0 Å². The SMILES string of the molecule is CN(C(=O)c1ccc(=O)n(Cc2c(F)cccc2Cl)c1)c1ccccc1. The van der Waals surface area contributed by atoms with E-state index in [4.69, 9.17) is 11.6 Å². The smallest absolute Gasteiger partial charge is 0.259 e. The first kappa shape index (κ1) is 17.9. The van der Waals surface area contributed by atoms with Gasteiger partial charge in [-0.1, -0.05) is 35.9 Å². The molecule has 0 spiro atoms. The van der Waals surface area contributed by atoms with E-state index in [0.717, 1.165) is 5.69 Å². The zero-order chi connectivity index (χ0) is 18.7. The fourth-order valence-corrected chi connectivity index (χ4v) is 2.82. The standard InChI is InChI=1S/C20H16ClFN2O2/c1-23(15-6-3-2-4-7-15)20(26)14-10-11-19(25)24(12-14)13-16-17(21)8-5-9-18(16)22/h2-12H,13H2,1H3. The van der Waals surface area contributed by atoms with E-state index >= 15 is 0 Å². The molecule has 0 aliphatic carbocycles. The summed E-state index contributed by atoms with van der Waals surface area (Å²) in [7, 11) is 1.65. The lowest BCUT2D eigenvalue weighted by atomic mass is 10.2. The molecule has 0 unspecified atom stereocenters. The van der Waals surface area contributed by atoms with E-state index < -0.39 is 5.82 Å². The number of carbonyl (C=O) groups is 1. The molecule has 0 saturated carbocycles. The van der Waals surface area contributed by atoms with E-state index in [2.05, 4.69) is 0 Å². The maximum absolute atomic E-state index is 14.0. The molecule has 0 bridgehead atoms. The van der Waals surface area contributed by atoms with Crippen molar-refractivity contribution in [2.45, 2.75) is 6.54 Å². The highest BCUT2D eigenvalue weighted by atomic mass is 35.5. The van der Waals surface area contributed by atoms with Crippen LogP contribution in [0.3, 0.4) is 0 Å². The molecule has 4 nitrogen and oxygen atoms in total. The number of pyridine rings is 1. The van der Waals surface area contributed by atoms with Crippen molar-refractivity contribution in [2.75, 3.05) is 11.9 Å². The number of halogens is 2. The number of benzene rings is 2. The second kappa shape index (κ2) is 7.54. The minimum atomic E-state index is -0.498. The molecule has 0 N–H and O–H groups in total. The summed E-state index contributed by atoms with van der Waals surface area (Å²) in [6.07, 6.45) is 1.42. The second-order valence-corrected chi connectivity index (χ2v) is 6.19. The van der Waals surface area contributed by atoms with Crippen molar-refractivity contribution >= 4 is 23.2 Å². The highest BCUT2D eigenvalue weighted by Crippen LogP contribution is 2.20. The molecule has 0 radical (unpaired) electrons. The van der Waals surface area contributed by atoms with Crippen LogP contribution in [0.15, 0.2) is 71.7 Å². The van der Waals surface area contributed by atoms with Gasteiger partial charge in [-0.15, -0.1) is 0 Å². The lowest BCUT2D eigenvalue weighted by molar-refractivity contribution is 0.0992. The maximum atomic E-state index is 14.0. The van der Waals surface area contributed by atoms with Gasteiger partial charge in [-0.2, -0.15) is 0 Å². The van der Waals surface area contributed by atoms with Gasteiger partial charge in [0.05, 0.1) is 12.1 Å². The Bertz CT molecular complexity index is 982. The molecule has 2 aromatic carbocycles. The highest BCUT2D eigenvalue weighted by molar-refractivity contribution is 6.31. The van der Waals surface area contributed by atoms with Gasteiger partial charge < -0.3 is 9.47 Å². The summed E-state index contributed by atoms with van der Waals surface area (Å²) in [6, 6.07) is 16.2. The number of aromatic nitrogens is 1. The predicted molar refractivity (Wildman–Crippen MR) is 100 cm³/mol. The number of rotatable bonds is 4. The molecule has 6 heteroatoms. The third-order valence-electron chi connectivity index (χ3n) is 4.07. The normalized spacial score (nSPS) is 10.6. The molecule has 0 fully saturated rings. The molecule has 0 aliphatic heterocycles. The molecule has 0 atom stereocenters. The third-order valence-corrected chi connectivity index (χ3v) is 4.42. The zero-order valence-corrected chi connectivity index (χ0v) is 14.8. The largest absolute Gasteiger partial charge is 0.311 e. The van der Waals surface area contributed by atoms with Crippen LogP contribution in [0, 0.1) is 5.82 Å². The average Bonchev–Trinajstić information content (AvgIpc) is 2.65. The summed E-state index contributed by atoms with van der Waals surface area (Å²) in [5.41, 5.74) is 0.913. The summed E-state index contributed by atoms with van der Waals surface area (Å²) in [6.45, 7) is -0.0550. The van der Waals surface area contributed by atoms with Gasteiger partial charge in [0.2, 0.25) is 0 Å². The molecule has 3 rings (SSSR count). The molecule has 132 valence electrons. The first-order valence-corrected chi connectivity index (χ1v) is 8.31. The van der Waals surface area contributed by atoms with Gasteiger partial charge in [-0.05, 0) is 30.3 Å². The van der Waals surface area contributed by atoms with Crippen LogP contribution in [0.2, 0.25) is 5.02 Å². The van der Waals surface area contributed by atoms with E-state index in [0.29, 0.717) is 5.56 Å². The van der Waals surface area contributed by atoms with Gasteiger partial charge in [-0.25, -0.2) is 4.39 Å². The molecule has 0 aliphatic rings. The first-order chi connectivity index (χ1) is 12.5. The molecule has 1 aromatic heterocycles. The van der Waals surface area contributed by atoms with Crippen LogP contribution in [0.4, 0.5) is 10.1 Å². The number of hydrogen-bond acceptors (Lipinski definition) is 2. The topological polar surface area (TPSA) is 42.3 Å². The number of para-hydroxylation sites is 1. The van der Waals surface area contributed by atoms with Gasteiger partial charge in [0.25, 0.3) is 11.5 Å². The average molecular weight is 371 g/mol. The summed E-state index contributed by atoms with van der Waals surface area (Å²) >= 11 is 6.03. The van der Waals surface area contributed by atoms with E-state index in [1.165, 1.54) is 39.9 Å². The van der Waals surface area contributed by atoms with Crippen LogP contribution in [0.25, 0.3) is 0 Å². The zero-order valence-electron chi connectivity index (χ0n) is 14.0. The van der Waals surface area contributed by atoms with Crippen LogP contribution in [0.5, 0.6) is 0 Å². The number of amides is 1. The second-order valence-electron chi connectivity index (χ2n) is 5.78.